The number of benzene rings is 3. The number of carbonyl (C=O) groups excluding carboxylic acids is 2. The summed E-state index contributed by atoms with van der Waals surface area (Å²) in [7, 11) is 0. The zero-order chi connectivity index (χ0) is 19.2. The van der Waals surface area contributed by atoms with E-state index in [1.165, 1.54) is 0 Å². The van der Waals surface area contributed by atoms with E-state index >= 15 is 0 Å². The average molecular weight is 379 g/mol. The summed E-state index contributed by atoms with van der Waals surface area (Å²) >= 11 is 6.12. The number of nitrogens with one attached hydrogen (secondary N) is 1. The third-order valence-corrected chi connectivity index (χ3v) is 4.69. The molecular weight excluding hydrogens is 360 g/mol. The predicted octanol–water partition coefficient (Wildman–Crippen LogP) is 3.76. The molecule has 4 nitrogen and oxygen atoms in total. The predicted molar refractivity (Wildman–Crippen MR) is 107 cm³/mol. The van der Waals surface area contributed by atoms with Crippen LogP contribution in [0.3, 0.4) is 0 Å². The minimum atomic E-state index is -0.932. The SMILES string of the molecule is NC(=O)[C@H](NC(=O)c1ccccc1Cl)C(c1ccccc1)c1ccccc1. The molecule has 0 aromatic heterocycles. The summed E-state index contributed by atoms with van der Waals surface area (Å²) in [4.78, 5) is 25.1. The standard InChI is InChI=1S/C22H19ClN2O2/c23-18-14-8-7-13-17(18)22(27)25-20(21(24)26)19(15-9-3-1-4-10-15)16-11-5-2-6-12-16/h1-14,19-20H,(H2,24,26)(H,25,27)/t20-/m1/s1. The van der Waals surface area contributed by atoms with Crippen molar-refractivity contribution in [3.05, 3.63) is 107 Å². The summed E-state index contributed by atoms with van der Waals surface area (Å²) in [5.74, 6) is -1.48. The molecule has 0 aliphatic carbocycles. The van der Waals surface area contributed by atoms with E-state index in [1.807, 2.05) is 60.7 Å². The smallest absolute Gasteiger partial charge is 0.253 e. The number of hydrogen-bond donors (Lipinski definition) is 2. The first-order chi connectivity index (χ1) is 13.1. The van der Waals surface area contributed by atoms with Gasteiger partial charge in [-0.15, -0.1) is 0 Å². The average Bonchev–Trinajstić information content (AvgIpc) is 2.69. The van der Waals surface area contributed by atoms with E-state index in [-0.39, 0.29) is 0 Å². The van der Waals surface area contributed by atoms with Crippen LogP contribution in [0.2, 0.25) is 5.02 Å². The van der Waals surface area contributed by atoms with Crippen LogP contribution in [-0.2, 0) is 4.79 Å². The highest BCUT2D eigenvalue weighted by atomic mass is 35.5. The lowest BCUT2D eigenvalue weighted by atomic mass is 9.84. The lowest BCUT2D eigenvalue weighted by Gasteiger charge is -2.27. The second kappa shape index (κ2) is 8.52. The summed E-state index contributed by atoms with van der Waals surface area (Å²) in [6, 6.07) is 24.7. The Bertz CT molecular complexity index is 890. The molecule has 0 aliphatic rings. The molecule has 136 valence electrons. The van der Waals surface area contributed by atoms with Gasteiger partial charge in [0.05, 0.1) is 10.6 Å². The van der Waals surface area contributed by atoms with Crippen molar-refractivity contribution in [3.8, 4) is 0 Å². The molecule has 0 radical (unpaired) electrons. The van der Waals surface area contributed by atoms with Crippen LogP contribution in [0.25, 0.3) is 0 Å². The Morgan fingerprint density at radius 3 is 1.74 bits per heavy atom. The minimum absolute atomic E-state index is 0.297. The van der Waals surface area contributed by atoms with Crippen molar-refractivity contribution in [1.82, 2.24) is 5.32 Å². The Kier molecular flexibility index (Phi) is 5.89. The van der Waals surface area contributed by atoms with Gasteiger partial charge in [-0.05, 0) is 23.3 Å². The van der Waals surface area contributed by atoms with Gasteiger partial charge in [0.25, 0.3) is 5.91 Å². The van der Waals surface area contributed by atoms with Crippen molar-refractivity contribution >= 4 is 23.4 Å². The molecule has 5 heteroatoms. The van der Waals surface area contributed by atoms with Gasteiger partial charge in [0, 0.05) is 5.92 Å². The Morgan fingerprint density at radius 2 is 1.26 bits per heavy atom. The van der Waals surface area contributed by atoms with Crippen molar-refractivity contribution in [2.24, 2.45) is 5.73 Å². The van der Waals surface area contributed by atoms with E-state index in [9.17, 15) is 9.59 Å². The molecule has 1 atom stereocenters. The van der Waals surface area contributed by atoms with E-state index in [0.717, 1.165) is 11.1 Å². The largest absolute Gasteiger partial charge is 0.368 e. The van der Waals surface area contributed by atoms with Crippen LogP contribution in [0, 0.1) is 0 Å². The fourth-order valence-corrected chi connectivity index (χ4v) is 3.30. The quantitative estimate of drug-likeness (QED) is 0.685. The molecule has 3 aromatic carbocycles. The van der Waals surface area contributed by atoms with Gasteiger partial charge in [0.15, 0.2) is 0 Å². The van der Waals surface area contributed by atoms with Gasteiger partial charge in [0.1, 0.15) is 6.04 Å². The molecule has 0 heterocycles. The van der Waals surface area contributed by atoms with Crippen molar-refractivity contribution in [1.29, 1.82) is 0 Å². The number of carbonyl (C=O) groups is 2. The maximum atomic E-state index is 12.7. The van der Waals surface area contributed by atoms with E-state index in [2.05, 4.69) is 5.32 Å². The molecule has 3 rings (SSSR count). The molecule has 0 unspecified atom stereocenters. The number of rotatable bonds is 6. The summed E-state index contributed by atoms with van der Waals surface area (Å²) in [6.45, 7) is 0. The van der Waals surface area contributed by atoms with Gasteiger partial charge in [-0.2, -0.15) is 0 Å². The highest BCUT2D eigenvalue weighted by molar-refractivity contribution is 6.33. The third kappa shape index (κ3) is 4.36. The number of amides is 2. The summed E-state index contributed by atoms with van der Waals surface area (Å²) < 4.78 is 0. The number of nitrogens with two attached hydrogens (primary N) is 1. The van der Waals surface area contributed by atoms with Crippen LogP contribution in [-0.4, -0.2) is 17.9 Å². The molecule has 3 aromatic rings. The Labute approximate surface area is 163 Å². The molecule has 0 aliphatic heterocycles. The van der Waals surface area contributed by atoms with Crippen molar-refractivity contribution in [3.63, 3.8) is 0 Å². The fourth-order valence-electron chi connectivity index (χ4n) is 3.08. The van der Waals surface area contributed by atoms with Crippen molar-refractivity contribution in [2.45, 2.75) is 12.0 Å². The van der Waals surface area contributed by atoms with Crippen LogP contribution < -0.4 is 11.1 Å². The maximum Gasteiger partial charge on any atom is 0.253 e. The third-order valence-electron chi connectivity index (χ3n) is 4.36. The number of primary amides is 1. The first-order valence-corrected chi connectivity index (χ1v) is 8.90. The molecule has 3 N–H and O–H groups in total. The molecule has 27 heavy (non-hydrogen) atoms. The Hall–Kier alpha value is -3.11. The topological polar surface area (TPSA) is 72.2 Å². The van der Waals surface area contributed by atoms with Crippen LogP contribution >= 0.6 is 11.6 Å². The summed E-state index contributed by atoms with van der Waals surface area (Å²) in [5.41, 5.74) is 7.75. The molecule has 2 amide bonds. The van der Waals surface area contributed by atoms with Gasteiger partial charge in [-0.25, -0.2) is 0 Å². The minimum Gasteiger partial charge on any atom is -0.368 e. The molecule has 0 bridgehead atoms. The normalized spacial score (nSPS) is 11.8. The lowest BCUT2D eigenvalue weighted by molar-refractivity contribution is -0.120. The molecule has 0 saturated carbocycles. The fraction of sp³-hybridized carbons (Fsp3) is 0.0909. The zero-order valence-electron chi connectivity index (χ0n) is 14.5. The first kappa shape index (κ1) is 18.7. The second-order valence-electron chi connectivity index (χ2n) is 6.13. The molecule has 0 saturated heterocycles. The highest BCUT2D eigenvalue weighted by Gasteiger charge is 2.31. The van der Waals surface area contributed by atoms with Crippen molar-refractivity contribution < 1.29 is 9.59 Å². The first-order valence-electron chi connectivity index (χ1n) is 8.52. The van der Waals surface area contributed by atoms with E-state index < -0.39 is 23.8 Å². The van der Waals surface area contributed by atoms with Crippen LogP contribution in [0.15, 0.2) is 84.9 Å². The number of hydrogen-bond acceptors (Lipinski definition) is 2. The monoisotopic (exact) mass is 378 g/mol. The summed E-state index contributed by atoms with van der Waals surface area (Å²) in [5, 5.41) is 3.09. The highest BCUT2D eigenvalue weighted by Crippen LogP contribution is 2.28. The Balaban J connectivity index is 2.00. The molecular formula is C22H19ClN2O2. The van der Waals surface area contributed by atoms with E-state index in [4.69, 9.17) is 17.3 Å². The van der Waals surface area contributed by atoms with Gasteiger partial charge >= 0.3 is 0 Å². The van der Waals surface area contributed by atoms with Gasteiger partial charge < -0.3 is 11.1 Å². The number of halogens is 1. The van der Waals surface area contributed by atoms with Crippen LogP contribution in [0.1, 0.15) is 27.4 Å². The van der Waals surface area contributed by atoms with Gasteiger partial charge in [-0.1, -0.05) is 84.4 Å². The van der Waals surface area contributed by atoms with E-state index in [0.29, 0.717) is 10.6 Å². The second-order valence-corrected chi connectivity index (χ2v) is 6.54. The molecule has 0 fully saturated rings. The van der Waals surface area contributed by atoms with Gasteiger partial charge in [-0.3, -0.25) is 9.59 Å². The zero-order valence-corrected chi connectivity index (χ0v) is 15.3. The lowest BCUT2D eigenvalue weighted by Crippen LogP contribution is -2.48. The van der Waals surface area contributed by atoms with Crippen molar-refractivity contribution in [2.75, 3.05) is 0 Å². The summed E-state index contributed by atoms with van der Waals surface area (Å²) in [6.07, 6.45) is 0. The van der Waals surface area contributed by atoms with E-state index in [1.54, 1.807) is 24.3 Å². The van der Waals surface area contributed by atoms with Crippen LogP contribution in [0.4, 0.5) is 0 Å². The maximum absolute atomic E-state index is 12.7. The van der Waals surface area contributed by atoms with Gasteiger partial charge in [0.2, 0.25) is 5.91 Å². The Morgan fingerprint density at radius 1 is 0.778 bits per heavy atom. The van der Waals surface area contributed by atoms with Crippen LogP contribution in [0.5, 0.6) is 0 Å². The molecule has 0 spiro atoms.